The minimum absolute atomic E-state index is 0.126. The first-order valence-electron chi connectivity index (χ1n) is 5.72. The third-order valence-electron chi connectivity index (χ3n) is 2.49. The lowest BCUT2D eigenvalue weighted by Gasteiger charge is -2.15. The average molecular weight is 267 g/mol. The van der Waals surface area contributed by atoms with Gasteiger partial charge in [0.25, 0.3) is 0 Å². The molecule has 0 aromatic carbocycles. The van der Waals surface area contributed by atoms with Crippen LogP contribution in [-0.2, 0) is 6.42 Å². The van der Waals surface area contributed by atoms with Gasteiger partial charge in [0.2, 0.25) is 0 Å². The van der Waals surface area contributed by atoms with Gasteiger partial charge >= 0.3 is 6.98 Å². The van der Waals surface area contributed by atoms with Crippen LogP contribution < -0.4 is 10.2 Å². The van der Waals surface area contributed by atoms with Gasteiger partial charge in [0.1, 0.15) is 5.75 Å². The summed E-state index contributed by atoms with van der Waals surface area (Å²) in [6, 6.07) is 4.64. The standard InChI is InChI=1S/C12H11BF3N2O/c14-13(15,16)11-6-12(9-18-8-11)19-5-3-10-2-1-4-17-7-10/h1-2,4,6-9H,3,5H2/q-1. The highest BCUT2D eigenvalue weighted by atomic mass is 19.4. The summed E-state index contributed by atoms with van der Waals surface area (Å²) in [5.74, 6) is 0.126. The van der Waals surface area contributed by atoms with Crippen LogP contribution >= 0.6 is 0 Å². The van der Waals surface area contributed by atoms with E-state index in [2.05, 4.69) is 9.97 Å². The van der Waals surface area contributed by atoms with E-state index >= 15 is 0 Å². The fourth-order valence-corrected chi connectivity index (χ4v) is 1.53. The molecule has 0 spiro atoms. The van der Waals surface area contributed by atoms with Gasteiger partial charge in [0.05, 0.1) is 12.8 Å². The second kappa shape index (κ2) is 5.73. The van der Waals surface area contributed by atoms with Crippen LogP contribution in [0.2, 0.25) is 0 Å². The van der Waals surface area contributed by atoms with E-state index in [9.17, 15) is 12.9 Å². The van der Waals surface area contributed by atoms with Crippen molar-refractivity contribution >= 4 is 12.4 Å². The molecule has 3 nitrogen and oxygen atoms in total. The summed E-state index contributed by atoms with van der Waals surface area (Å²) in [5.41, 5.74) is 0.213. The van der Waals surface area contributed by atoms with Crippen LogP contribution in [0.1, 0.15) is 5.56 Å². The van der Waals surface area contributed by atoms with Gasteiger partial charge in [-0.25, -0.2) is 0 Å². The van der Waals surface area contributed by atoms with E-state index in [1.807, 2.05) is 6.07 Å². The largest absolute Gasteiger partial charge is 0.511 e. The van der Waals surface area contributed by atoms with E-state index in [4.69, 9.17) is 4.74 Å². The number of aromatic nitrogens is 2. The normalized spacial score (nSPS) is 11.3. The van der Waals surface area contributed by atoms with Crippen molar-refractivity contribution in [2.45, 2.75) is 6.42 Å². The van der Waals surface area contributed by atoms with Gasteiger partial charge in [0.15, 0.2) is 0 Å². The van der Waals surface area contributed by atoms with Crippen molar-refractivity contribution in [3.05, 3.63) is 48.5 Å². The number of halogens is 3. The van der Waals surface area contributed by atoms with Gasteiger partial charge in [-0.15, -0.1) is 0 Å². The number of hydrogen-bond donors (Lipinski definition) is 0. The maximum Gasteiger partial charge on any atom is 0.511 e. The molecule has 2 heterocycles. The molecule has 0 N–H and O–H groups in total. The Bertz CT molecular complexity index is 534. The Hall–Kier alpha value is -2.05. The van der Waals surface area contributed by atoms with Gasteiger partial charge in [0, 0.05) is 25.0 Å². The van der Waals surface area contributed by atoms with Crippen LogP contribution in [0.4, 0.5) is 12.9 Å². The smallest absolute Gasteiger partial charge is 0.492 e. The minimum atomic E-state index is -5.04. The molecule has 0 aliphatic heterocycles. The molecular weight excluding hydrogens is 256 g/mol. The van der Waals surface area contributed by atoms with Gasteiger partial charge in [-0.3, -0.25) is 9.97 Å². The number of nitrogens with zero attached hydrogens (tertiary/aromatic N) is 2. The summed E-state index contributed by atoms with van der Waals surface area (Å²) in [6.07, 6.45) is 6.00. The molecule has 7 heteroatoms. The van der Waals surface area contributed by atoms with Crippen molar-refractivity contribution in [2.75, 3.05) is 6.61 Å². The Labute approximate surface area is 108 Å². The van der Waals surface area contributed by atoms with E-state index in [1.54, 1.807) is 18.5 Å². The predicted octanol–water partition coefficient (Wildman–Crippen LogP) is 2.15. The first-order chi connectivity index (χ1) is 9.05. The molecule has 0 aliphatic carbocycles. The highest BCUT2D eigenvalue weighted by Crippen LogP contribution is 2.13. The molecule has 2 aromatic rings. The van der Waals surface area contributed by atoms with E-state index in [-0.39, 0.29) is 12.4 Å². The van der Waals surface area contributed by atoms with Crippen LogP contribution in [0.25, 0.3) is 0 Å². The number of rotatable bonds is 5. The predicted molar refractivity (Wildman–Crippen MR) is 66.4 cm³/mol. The van der Waals surface area contributed by atoms with Crippen molar-refractivity contribution in [1.82, 2.24) is 9.97 Å². The lowest BCUT2D eigenvalue weighted by Crippen LogP contribution is -2.34. The molecule has 0 unspecified atom stereocenters. The van der Waals surface area contributed by atoms with Gasteiger partial charge in [-0.05, 0) is 17.7 Å². The van der Waals surface area contributed by atoms with Crippen LogP contribution in [0, 0.1) is 0 Å². The lowest BCUT2D eigenvalue weighted by molar-refractivity contribution is 0.320. The van der Waals surface area contributed by atoms with Crippen LogP contribution in [0.15, 0.2) is 43.0 Å². The Morgan fingerprint density at radius 1 is 1.11 bits per heavy atom. The number of pyridine rings is 2. The topological polar surface area (TPSA) is 35.0 Å². The third-order valence-corrected chi connectivity index (χ3v) is 2.49. The van der Waals surface area contributed by atoms with Gasteiger partial charge in [-0.2, -0.15) is 0 Å². The zero-order valence-electron chi connectivity index (χ0n) is 9.97. The highest BCUT2D eigenvalue weighted by molar-refractivity contribution is 6.73. The van der Waals surface area contributed by atoms with E-state index in [0.717, 1.165) is 17.8 Å². The zero-order chi connectivity index (χ0) is 13.7. The maximum atomic E-state index is 12.5. The highest BCUT2D eigenvalue weighted by Gasteiger charge is 2.26. The van der Waals surface area contributed by atoms with Crippen molar-refractivity contribution in [2.24, 2.45) is 0 Å². The Kier molecular flexibility index (Phi) is 4.04. The monoisotopic (exact) mass is 267 g/mol. The summed E-state index contributed by atoms with van der Waals surface area (Å²) in [6.45, 7) is -4.76. The van der Waals surface area contributed by atoms with Gasteiger partial charge < -0.3 is 17.7 Å². The molecular formula is C12H11BF3N2O-. The molecule has 0 fully saturated rings. The summed E-state index contributed by atoms with van der Waals surface area (Å²) < 4.78 is 42.8. The van der Waals surface area contributed by atoms with Gasteiger partial charge in [-0.1, -0.05) is 11.5 Å². The third kappa shape index (κ3) is 3.98. The molecule has 0 saturated carbocycles. The average Bonchev–Trinajstić information content (AvgIpc) is 2.39. The molecule has 100 valence electrons. The summed E-state index contributed by atoms with van der Waals surface area (Å²) >= 11 is 0. The van der Waals surface area contributed by atoms with Crippen LogP contribution in [0.5, 0.6) is 5.75 Å². The molecule has 2 aromatic heterocycles. The van der Waals surface area contributed by atoms with Crippen molar-refractivity contribution < 1.29 is 17.7 Å². The van der Waals surface area contributed by atoms with Crippen LogP contribution in [-0.4, -0.2) is 23.6 Å². The fourth-order valence-electron chi connectivity index (χ4n) is 1.53. The summed E-state index contributed by atoms with van der Waals surface area (Å²) in [4.78, 5) is 7.48. The van der Waals surface area contributed by atoms with E-state index in [0.29, 0.717) is 6.42 Å². The molecule has 19 heavy (non-hydrogen) atoms. The summed E-state index contributed by atoms with van der Waals surface area (Å²) in [5, 5.41) is 0. The van der Waals surface area contributed by atoms with Crippen LogP contribution in [0.3, 0.4) is 0 Å². The lowest BCUT2D eigenvalue weighted by atomic mass is 9.81. The quantitative estimate of drug-likeness (QED) is 0.778. The number of hydrogen-bond acceptors (Lipinski definition) is 3. The van der Waals surface area contributed by atoms with E-state index < -0.39 is 12.4 Å². The molecule has 0 radical (unpaired) electrons. The Morgan fingerprint density at radius 2 is 1.95 bits per heavy atom. The molecule has 2 rings (SSSR count). The molecule has 0 aliphatic rings. The second-order valence-corrected chi connectivity index (χ2v) is 3.99. The Morgan fingerprint density at radius 3 is 2.63 bits per heavy atom. The van der Waals surface area contributed by atoms with E-state index in [1.165, 1.54) is 6.20 Å². The fraction of sp³-hybridized carbons (Fsp3) is 0.167. The zero-order valence-corrected chi connectivity index (χ0v) is 9.97. The maximum absolute atomic E-state index is 12.5. The molecule has 0 saturated heterocycles. The van der Waals surface area contributed by atoms with Crippen molar-refractivity contribution in [3.8, 4) is 5.75 Å². The molecule has 0 amide bonds. The minimum Gasteiger partial charge on any atom is -0.492 e. The first-order valence-corrected chi connectivity index (χ1v) is 5.72. The molecule has 0 bridgehead atoms. The second-order valence-electron chi connectivity index (χ2n) is 3.99. The SMILES string of the molecule is F[B-](F)(F)c1cncc(OCCc2cccnc2)c1. The Balaban J connectivity index is 1.93. The first kappa shape index (κ1) is 13.4. The molecule has 0 atom stereocenters. The van der Waals surface area contributed by atoms with Crippen molar-refractivity contribution in [3.63, 3.8) is 0 Å². The van der Waals surface area contributed by atoms with Crippen molar-refractivity contribution in [1.29, 1.82) is 0 Å². The summed E-state index contributed by atoms with van der Waals surface area (Å²) in [7, 11) is 0. The number of ether oxygens (including phenoxy) is 1.